The quantitative estimate of drug-likeness (QED) is 0.379. The van der Waals surface area contributed by atoms with Crippen LogP contribution in [-0.4, -0.2) is 28.8 Å². The molecule has 2 N–H and O–H groups in total. The molecule has 1 aliphatic rings. The Bertz CT molecular complexity index is 980. The molecule has 2 aromatic carbocycles. The smallest absolute Gasteiger partial charge is 0.341 e. The SMILES string of the molecule is Cc1ccc(N=C2NC(=O)/C(=C/c3cc(I)c(OCC(=O)O)c(I)c3)S2)cc1. The number of carboxylic acids is 1. The fourth-order valence-corrected chi connectivity index (χ4v) is 5.27. The van der Waals surface area contributed by atoms with Crippen molar-refractivity contribution in [1.82, 2.24) is 5.32 Å². The van der Waals surface area contributed by atoms with Gasteiger partial charge >= 0.3 is 5.97 Å². The van der Waals surface area contributed by atoms with Crippen molar-refractivity contribution in [3.8, 4) is 5.75 Å². The number of hydrogen-bond donors (Lipinski definition) is 2. The number of aliphatic imine (C=N–C) groups is 1. The average molecular weight is 620 g/mol. The maximum Gasteiger partial charge on any atom is 0.341 e. The number of carboxylic acid groups (broad SMARTS) is 1. The average Bonchev–Trinajstić information content (AvgIpc) is 2.95. The van der Waals surface area contributed by atoms with Crippen LogP contribution < -0.4 is 10.1 Å². The third-order valence-corrected chi connectivity index (χ3v) is 6.09. The first kappa shape index (κ1) is 21.1. The van der Waals surface area contributed by atoms with Crippen molar-refractivity contribution >= 4 is 85.8 Å². The molecule has 0 unspecified atom stereocenters. The molecule has 1 heterocycles. The van der Waals surface area contributed by atoms with Crippen LogP contribution in [0.4, 0.5) is 5.69 Å². The van der Waals surface area contributed by atoms with E-state index in [0.717, 1.165) is 24.0 Å². The molecule has 0 spiro atoms. The van der Waals surface area contributed by atoms with E-state index in [1.807, 2.05) is 43.3 Å². The first-order valence-electron chi connectivity index (χ1n) is 8.02. The first-order valence-corrected chi connectivity index (χ1v) is 11.0. The maximum atomic E-state index is 12.3. The molecule has 0 saturated carbocycles. The largest absolute Gasteiger partial charge is 0.480 e. The minimum absolute atomic E-state index is 0.202. The van der Waals surface area contributed by atoms with Crippen molar-refractivity contribution in [3.63, 3.8) is 0 Å². The fourth-order valence-electron chi connectivity index (χ4n) is 2.30. The van der Waals surface area contributed by atoms with Crippen LogP contribution in [0.5, 0.6) is 5.75 Å². The van der Waals surface area contributed by atoms with E-state index >= 15 is 0 Å². The summed E-state index contributed by atoms with van der Waals surface area (Å²) >= 11 is 5.46. The van der Waals surface area contributed by atoms with E-state index in [1.54, 1.807) is 6.08 Å². The lowest BCUT2D eigenvalue weighted by atomic mass is 10.2. The van der Waals surface area contributed by atoms with Crippen molar-refractivity contribution in [1.29, 1.82) is 0 Å². The molecule has 144 valence electrons. The number of thioether (sulfide) groups is 1. The fraction of sp³-hybridized carbons (Fsp3) is 0.105. The van der Waals surface area contributed by atoms with Crippen molar-refractivity contribution in [3.05, 3.63) is 59.6 Å². The molecule has 28 heavy (non-hydrogen) atoms. The summed E-state index contributed by atoms with van der Waals surface area (Å²) in [6.07, 6.45) is 1.78. The van der Waals surface area contributed by atoms with E-state index in [0.29, 0.717) is 15.8 Å². The molecule has 9 heteroatoms. The van der Waals surface area contributed by atoms with Gasteiger partial charge in [0.2, 0.25) is 0 Å². The molecule has 2 aromatic rings. The minimum atomic E-state index is -1.03. The summed E-state index contributed by atoms with van der Waals surface area (Å²) < 4.78 is 6.87. The number of aliphatic carboxylic acids is 1. The van der Waals surface area contributed by atoms with E-state index in [4.69, 9.17) is 9.84 Å². The lowest BCUT2D eigenvalue weighted by molar-refractivity contribution is -0.139. The molecule has 3 rings (SSSR count). The van der Waals surface area contributed by atoms with Crippen LogP contribution in [0.25, 0.3) is 6.08 Å². The summed E-state index contributed by atoms with van der Waals surface area (Å²) in [5, 5.41) is 12.1. The molecule has 0 aliphatic carbocycles. The Kier molecular flexibility index (Phi) is 6.99. The van der Waals surface area contributed by atoms with Crippen LogP contribution in [0.2, 0.25) is 0 Å². The van der Waals surface area contributed by atoms with Gasteiger partial charge in [0.1, 0.15) is 5.75 Å². The number of carbonyl (C=O) groups excluding carboxylic acids is 1. The van der Waals surface area contributed by atoms with Crippen LogP contribution in [-0.2, 0) is 9.59 Å². The van der Waals surface area contributed by atoms with Crippen LogP contribution in [0.1, 0.15) is 11.1 Å². The van der Waals surface area contributed by atoms with E-state index in [9.17, 15) is 9.59 Å². The Balaban J connectivity index is 1.80. The van der Waals surface area contributed by atoms with Gasteiger partial charge in [-0.2, -0.15) is 0 Å². The number of aryl methyl sites for hydroxylation is 1. The van der Waals surface area contributed by atoms with Gasteiger partial charge in [0.25, 0.3) is 5.91 Å². The van der Waals surface area contributed by atoms with Gasteiger partial charge in [-0.15, -0.1) is 0 Å². The summed E-state index contributed by atoms with van der Waals surface area (Å²) in [6.45, 7) is 1.61. The molecular formula is C19H14I2N2O4S. The lowest BCUT2D eigenvalue weighted by Crippen LogP contribution is -2.19. The second-order valence-electron chi connectivity index (χ2n) is 5.81. The lowest BCUT2D eigenvalue weighted by Gasteiger charge is -2.09. The second kappa shape index (κ2) is 9.27. The van der Waals surface area contributed by atoms with Gasteiger partial charge in [-0.05, 0) is 99.8 Å². The third-order valence-electron chi connectivity index (χ3n) is 3.57. The Labute approximate surface area is 193 Å². The Morgan fingerprint density at radius 1 is 1.25 bits per heavy atom. The highest BCUT2D eigenvalue weighted by Crippen LogP contribution is 2.32. The summed E-state index contributed by atoms with van der Waals surface area (Å²) in [7, 11) is 0. The van der Waals surface area contributed by atoms with Crippen LogP contribution in [0, 0.1) is 14.1 Å². The molecule has 6 nitrogen and oxygen atoms in total. The highest BCUT2D eigenvalue weighted by molar-refractivity contribution is 14.1. The Morgan fingerprint density at radius 2 is 1.89 bits per heavy atom. The molecule has 1 aliphatic heterocycles. The second-order valence-corrected chi connectivity index (χ2v) is 9.17. The van der Waals surface area contributed by atoms with Crippen molar-refractivity contribution < 1.29 is 19.4 Å². The van der Waals surface area contributed by atoms with E-state index < -0.39 is 12.6 Å². The number of nitrogens with zero attached hydrogens (tertiary/aromatic N) is 1. The normalized spacial score (nSPS) is 16.5. The monoisotopic (exact) mass is 620 g/mol. The molecule has 1 fully saturated rings. The van der Waals surface area contributed by atoms with Gasteiger partial charge in [0, 0.05) is 0 Å². The molecule has 0 bridgehead atoms. The van der Waals surface area contributed by atoms with Gasteiger partial charge in [-0.3, -0.25) is 4.79 Å². The molecule has 1 saturated heterocycles. The van der Waals surface area contributed by atoms with Crippen molar-refractivity contribution in [2.24, 2.45) is 4.99 Å². The zero-order valence-electron chi connectivity index (χ0n) is 14.5. The number of rotatable bonds is 5. The van der Waals surface area contributed by atoms with Crippen LogP contribution in [0.3, 0.4) is 0 Å². The standard InChI is InChI=1S/C19H14I2N2O4S/c1-10-2-4-12(5-3-10)22-19-23-18(26)15(28-19)8-11-6-13(20)17(14(21)7-11)27-9-16(24)25/h2-8H,9H2,1H3,(H,24,25)(H,22,23,26)/b15-8-. The zero-order valence-corrected chi connectivity index (χ0v) is 19.7. The van der Waals surface area contributed by atoms with Crippen LogP contribution in [0.15, 0.2) is 46.3 Å². The van der Waals surface area contributed by atoms with Gasteiger partial charge < -0.3 is 15.2 Å². The molecule has 0 aromatic heterocycles. The highest BCUT2D eigenvalue weighted by atomic mass is 127. The number of ether oxygens (including phenoxy) is 1. The molecule has 0 atom stereocenters. The number of carbonyl (C=O) groups is 2. The Hall–Kier alpha value is -1.60. The topological polar surface area (TPSA) is 88.0 Å². The van der Waals surface area contributed by atoms with Gasteiger partial charge in [-0.1, -0.05) is 17.7 Å². The highest BCUT2D eigenvalue weighted by Gasteiger charge is 2.24. The summed E-state index contributed by atoms with van der Waals surface area (Å²) in [6, 6.07) is 11.4. The van der Waals surface area contributed by atoms with E-state index in [1.165, 1.54) is 11.8 Å². The van der Waals surface area contributed by atoms with Gasteiger partial charge in [0.15, 0.2) is 11.8 Å². The van der Waals surface area contributed by atoms with Crippen molar-refractivity contribution in [2.75, 3.05) is 6.61 Å². The van der Waals surface area contributed by atoms with Crippen LogP contribution >= 0.6 is 56.9 Å². The van der Waals surface area contributed by atoms with E-state index in [-0.39, 0.29) is 5.91 Å². The summed E-state index contributed by atoms with van der Waals surface area (Å²) in [4.78, 5) is 28.0. The molecule has 1 amide bonds. The molecule has 0 radical (unpaired) electrons. The number of nitrogens with one attached hydrogen (secondary N) is 1. The maximum absolute atomic E-state index is 12.3. The number of amidine groups is 1. The van der Waals surface area contributed by atoms with E-state index in [2.05, 4.69) is 55.5 Å². The molecular weight excluding hydrogens is 606 g/mol. The number of benzene rings is 2. The number of amides is 1. The van der Waals surface area contributed by atoms with Gasteiger partial charge in [0.05, 0.1) is 17.7 Å². The Morgan fingerprint density at radius 3 is 2.50 bits per heavy atom. The minimum Gasteiger partial charge on any atom is -0.480 e. The third kappa shape index (κ3) is 5.47. The predicted molar refractivity (Wildman–Crippen MR) is 127 cm³/mol. The number of hydrogen-bond acceptors (Lipinski definition) is 5. The number of halogens is 2. The van der Waals surface area contributed by atoms with Crippen molar-refractivity contribution in [2.45, 2.75) is 6.92 Å². The first-order chi connectivity index (χ1) is 13.3. The van der Waals surface area contributed by atoms with Gasteiger partial charge in [-0.25, -0.2) is 9.79 Å². The predicted octanol–water partition coefficient (Wildman–Crippen LogP) is 4.56. The zero-order chi connectivity index (χ0) is 20.3. The summed E-state index contributed by atoms with van der Waals surface area (Å²) in [5.41, 5.74) is 2.75. The summed E-state index contributed by atoms with van der Waals surface area (Å²) in [5.74, 6) is -0.708.